The van der Waals surface area contributed by atoms with E-state index in [-0.39, 0.29) is 6.04 Å². The summed E-state index contributed by atoms with van der Waals surface area (Å²) in [4.78, 5) is 6.91. The number of hydrogen-bond acceptors (Lipinski definition) is 5. The second-order valence-corrected chi connectivity index (χ2v) is 7.44. The van der Waals surface area contributed by atoms with E-state index in [1.54, 1.807) is 0 Å². The third kappa shape index (κ3) is 3.28. The number of nitrogens with one attached hydrogen (secondary N) is 1. The van der Waals surface area contributed by atoms with Crippen molar-refractivity contribution in [2.45, 2.75) is 38.6 Å². The number of hydrogen-bond donors (Lipinski definition) is 2. The third-order valence-corrected chi connectivity index (χ3v) is 5.69. The SMILES string of the molecule is CC1CCN(c2n[nH]c(CC3CCSCC3)n2)CC1N. The highest BCUT2D eigenvalue weighted by molar-refractivity contribution is 7.99. The van der Waals surface area contributed by atoms with E-state index in [9.17, 15) is 0 Å². The topological polar surface area (TPSA) is 70.8 Å². The highest BCUT2D eigenvalue weighted by atomic mass is 32.2. The molecule has 2 aliphatic heterocycles. The molecule has 3 rings (SSSR count). The van der Waals surface area contributed by atoms with Gasteiger partial charge in [-0.3, -0.25) is 5.10 Å². The van der Waals surface area contributed by atoms with Crippen LogP contribution in [-0.2, 0) is 6.42 Å². The van der Waals surface area contributed by atoms with Gasteiger partial charge in [-0.1, -0.05) is 6.92 Å². The van der Waals surface area contributed by atoms with Gasteiger partial charge in [-0.2, -0.15) is 16.7 Å². The van der Waals surface area contributed by atoms with E-state index in [1.807, 2.05) is 0 Å². The van der Waals surface area contributed by atoms with Crippen molar-refractivity contribution in [1.29, 1.82) is 0 Å². The fraction of sp³-hybridized carbons (Fsp3) is 0.857. The summed E-state index contributed by atoms with van der Waals surface area (Å²) in [7, 11) is 0. The number of nitrogens with two attached hydrogens (primary N) is 1. The lowest BCUT2D eigenvalue weighted by atomic mass is 9.95. The van der Waals surface area contributed by atoms with E-state index in [1.165, 1.54) is 24.3 Å². The average Bonchev–Trinajstić information content (AvgIpc) is 2.91. The van der Waals surface area contributed by atoms with Crippen LogP contribution >= 0.6 is 11.8 Å². The third-order valence-electron chi connectivity index (χ3n) is 4.64. The Morgan fingerprint density at radius 1 is 1.35 bits per heavy atom. The van der Waals surface area contributed by atoms with Crippen molar-refractivity contribution >= 4 is 17.7 Å². The molecule has 0 aromatic carbocycles. The molecule has 0 amide bonds. The maximum atomic E-state index is 6.15. The van der Waals surface area contributed by atoms with Crippen molar-refractivity contribution in [3.05, 3.63) is 5.82 Å². The number of nitrogens with zero attached hydrogens (tertiary/aromatic N) is 3. The summed E-state index contributed by atoms with van der Waals surface area (Å²) in [6, 6.07) is 0.237. The number of piperidine rings is 1. The molecular weight excluding hydrogens is 270 g/mol. The molecule has 2 fully saturated rings. The molecule has 0 radical (unpaired) electrons. The lowest BCUT2D eigenvalue weighted by Crippen LogP contribution is -2.48. The average molecular weight is 295 g/mol. The van der Waals surface area contributed by atoms with Crippen molar-refractivity contribution in [2.24, 2.45) is 17.6 Å². The minimum absolute atomic E-state index is 0.237. The summed E-state index contributed by atoms with van der Waals surface area (Å²) in [6.45, 7) is 4.12. The number of H-pyrrole nitrogens is 1. The molecule has 112 valence electrons. The Morgan fingerprint density at radius 3 is 2.90 bits per heavy atom. The predicted octanol–water partition coefficient (Wildman–Crippen LogP) is 1.66. The smallest absolute Gasteiger partial charge is 0.244 e. The van der Waals surface area contributed by atoms with Crippen LogP contribution in [0, 0.1) is 11.8 Å². The molecule has 2 unspecified atom stereocenters. The van der Waals surface area contributed by atoms with E-state index in [0.29, 0.717) is 5.92 Å². The maximum absolute atomic E-state index is 6.15. The van der Waals surface area contributed by atoms with Gasteiger partial charge < -0.3 is 10.6 Å². The van der Waals surface area contributed by atoms with E-state index >= 15 is 0 Å². The van der Waals surface area contributed by atoms with Crippen LogP contribution < -0.4 is 10.6 Å². The maximum Gasteiger partial charge on any atom is 0.244 e. The molecule has 6 heteroatoms. The van der Waals surface area contributed by atoms with Crippen LogP contribution in [0.4, 0.5) is 5.95 Å². The van der Waals surface area contributed by atoms with Gasteiger partial charge in [0.15, 0.2) is 0 Å². The summed E-state index contributed by atoms with van der Waals surface area (Å²) >= 11 is 2.07. The molecule has 0 saturated carbocycles. The van der Waals surface area contributed by atoms with Gasteiger partial charge in [0.25, 0.3) is 0 Å². The van der Waals surface area contributed by atoms with Crippen LogP contribution in [0.3, 0.4) is 0 Å². The standard InChI is InChI=1S/C14H25N5S/c1-10-2-5-19(9-12(10)15)14-16-13(17-18-14)8-11-3-6-20-7-4-11/h10-12H,2-9,15H2,1H3,(H,16,17,18). The first kappa shape index (κ1) is 14.2. The molecule has 1 aromatic rings. The molecule has 2 aliphatic rings. The first-order valence-corrected chi connectivity index (χ1v) is 8.87. The van der Waals surface area contributed by atoms with Crippen molar-refractivity contribution in [3.63, 3.8) is 0 Å². The zero-order valence-electron chi connectivity index (χ0n) is 12.2. The summed E-state index contributed by atoms with van der Waals surface area (Å²) in [6.07, 6.45) is 4.80. The second-order valence-electron chi connectivity index (χ2n) is 6.22. The molecule has 2 atom stereocenters. The molecule has 3 N–H and O–H groups in total. The molecule has 2 saturated heterocycles. The molecule has 1 aromatic heterocycles. The van der Waals surface area contributed by atoms with E-state index in [4.69, 9.17) is 5.73 Å². The van der Waals surface area contributed by atoms with E-state index in [0.717, 1.165) is 43.6 Å². The lowest BCUT2D eigenvalue weighted by molar-refractivity contribution is 0.376. The van der Waals surface area contributed by atoms with Crippen LogP contribution in [0.2, 0.25) is 0 Å². The molecule has 0 aliphatic carbocycles. The normalized spacial score (nSPS) is 28.8. The summed E-state index contributed by atoms with van der Waals surface area (Å²) < 4.78 is 0. The number of anilines is 1. The largest absolute Gasteiger partial charge is 0.338 e. The van der Waals surface area contributed by atoms with Gasteiger partial charge in [0.2, 0.25) is 5.95 Å². The zero-order chi connectivity index (χ0) is 13.9. The quantitative estimate of drug-likeness (QED) is 0.887. The first-order chi connectivity index (χ1) is 9.72. The molecule has 3 heterocycles. The Hall–Kier alpha value is -0.750. The minimum Gasteiger partial charge on any atom is -0.338 e. The summed E-state index contributed by atoms with van der Waals surface area (Å²) in [5, 5.41) is 7.52. The highest BCUT2D eigenvalue weighted by Gasteiger charge is 2.25. The summed E-state index contributed by atoms with van der Waals surface area (Å²) in [5.41, 5.74) is 6.15. The van der Waals surface area contributed by atoms with Crippen LogP contribution in [0.15, 0.2) is 0 Å². The Kier molecular flexibility index (Phi) is 4.51. The Bertz CT molecular complexity index is 429. The Labute approximate surface area is 125 Å². The minimum atomic E-state index is 0.237. The van der Waals surface area contributed by atoms with Crippen LogP contribution in [0.1, 0.15) is 32.0 Å². The molecule has 5 nitrogen and oxygen atoms in total. The van der Waals surface area contributed by atoms with Gasteiger partial charge in [0.05, 0.1) is 0 Å². The predicted molar refractivity (Wildman–Crippen MR) is 84.1 cm³/mol. The number of rotatable bonds is 3. The van der Waals surface area contributed by atoms with Crippen molar-refractivity contribution in [1.82, 2.24) is 15.2 Å². The van der Waals surface area contributed by atoms with Crippen LogP contribution in [-0.4, -0.2) is 45.8 Å². The van der Waals surface area contributed by atoms with E-state index < -0.39 is 0 Å². The van der Waals surface area contributed by atoms with E-state index in [2.05, 4.69) is 38.8 Å². The molecule has 20 heavy (non-hydrogen) atoms. The zero-order valence-corrected chi connectivity index (χ0v) is 13.0. The van der Waals surface area contributed by atoms with Crippen molar-refractivity contribution < 1.29 is 0 Å². The molecule has 0 spiro atoms. The van der Waals surface area contributed by atoms with Gasteiger partial charge in [0, 0.05) is 25.6 Å². The Balaban J connectivity index is 1.58. The van der Waals surface area contributed by atoms with Crippen molar-refractivity contribution in [3.8, 4) is 0 Å². The van der Waals surface area contributed by atoms with Gasteiger partial charge in [-0.25, -0.2) is 0 Å². The monoisotopic (exact) mass is 295 g/mol. The number of aromatic nitrogens is 3. The van der Waals surface area contributed by atoms with Gasteiger partial charge >= 0.3 is 0 Å². The Morgan fingerprint density at radius 2 is 2.15 bits per heavy atom. The number of aromatic amines is 1. The lowest BCUT2D eigenvalue weighted by Gasteiger charge is -2.34. The number of thioether (sulfide) groups is 1. The fourth-order valence-electron chi connectivity index (χ4n) is 3.02. The second kappa shape index (κ2) is 6.35. The first-order valence-electron chi connectivity index (χ1n) is 7.72. The fourth-order valence-corrected chi connectivity index (χ4v) is 4.23. The van der Waals surface area contributed by atoms with Gasteiger partial charge in [-0.15, -0.1) is 5.10 Å². The molecular formula is C14H25N5S. The summed E-state index contributed by atoms with van der Waals surface area (Å²) in [5.74, 6) is 5.86. The van der Waals surface area contributed by atoms with Gasteiger partial charge in [-0.05, 0) is 42.6 Å². The van der Waals surface area contributed by atoms with Crippen molar-refractivity contribution in [2.75, 3.05) is 29.5 Å². The van der Waals surface area contributed by atoms with Gasteiger partial charge in [0.1, 0.15) is 5.82 Å². The highest BCUT2D eigenvalue weighted by Crippen LogP contribution is 2.26. The van der Waals surface area contributed by atoms with Crippen LogP contribution in [0.25, 0.3) is 0 Å². The van der Waals surface area contributed by atoms with Crippen LogP contribution in [0.5, 0.6) is 0 Å². The molecule has 0 bridgehead atoms.